The second-order valence-electron chi connectivity index (χ2n) is 26.4. The molecule has 0 bridgehead atoms. The van der Waals surface area contributed by atoms with E-state index in [4.69, 9.17) is 40.3 Å². The topological polar surface area (TPSA) is 510 Å². The first kappa shape index (κ1) is 81.5. The Morgan fingerprint density at radius 2 is 0.926 bits per heavy atom. The van der Waals surface area contributed by atoms with Gasteiger partial charge in [-0.25, -0.2) is 0 Å². The van der Waals surface area contributed by atoms with Crippen molar-refractivity contribution in [3.8, 4) is 5.75 Å². The summed E-state index contributed by atoms with van der Waals surface area (Å²) in [6, 6.07) is 28.6. The lowest BCUT2D eigenvalue weighted by atomic mass is 9.99. The number of aliphatic imine (C=N–C) groups is 2. The summed E-state index contributed by atoms with van der Waals surface area (Å²) in [4.78, 5) is 170. The fourth-order valence-electron chi connectivity index (χ4n) is 12.4. The molecule has 1 fully saturated rings. The van der Waals surface area contributed by atoms with Gasteiger partial charge in [0.2, 0.25) is 65.0 Å². The third kappa shape index (κ3) is 24.8. The van der Waals surface area contributed by atoms with Crippen LogP contribution in [-0.4, -0.2) is 184 Å². The zero-order valence-electron chi connectivity index (χ0n) is 59.8. The van der Waals surface area contributed by atoms with Gasteiger partial charge in [0.1, 0.15) is 66.2 Å². The predicted molar refractivity (Wildman–Crippen MR) is 406 cm³/mol. The Balaban J connectivity index is 1.06. The number of carbonyl (C=O) groups excluding carboxylic acids is 11. The standard InChI is InChI=1S/C76H93ClN18O13/c1-43(65(78)99)85-73(107)64-21-12-34-95(64)74(108)57(20-11-33-84-76(81)82)89-69(103)59(36-45-13-4-3-5-14-45)90-66(100)56(19-10-32-83-75(79)80)88-68(102)60(38-47-25-30-54(98)31-26-47)92-72(106)63(42-96)94-71(105)62(41-53-40-51-17-8-9-18-55(51)87-53)93-70(104)61(37-46-23-28-52(77)29-24-46)91-67(101)58(86-44(2)97)39-48-22-27-49-15-6-7-16-50(49)35-48/h3-9,13-18,22-31,35,40,43,56-64,87,96,98H,10-12,19-21,32-34,36-39,41-42H2,1-2H3,(H2,78,99)(H,85,107)(H,86,97)(H,88,102)(H,89,103)(H,90,100)(H,91,101)(H,92,106)(H,93,104)(H,94,105)(H4,79,80,83)(H4,81,82,84)/t43-,56-,57+,58-,59+,60+,61-,62-,63+,64+/m1/s1. The van der Waals surface area contributed by atoms with Gasteiger partial charge in [0.15, 0.2) is 11.9 Å². The number of benzene rings is 6. The average molecular weight is 1500 g/mol. The number of nitrogens with zero attached hydrogens (tertiary/aromatic N) is 3. The number of phenolic OH excluding ortho intramolecular Hbond substituents is 1. The lowest BCUT2D eigenvalue weighted by Gasteiger charge is -2.30. The first-order valence-electron chi connectivity index (χ1n) is 35.3. The van der Waals surface area contributed by atoms with E-state index in [1.807, 2.05) is 48.5 Å². The molecule has 572 valence electrons. The average Bonchev–Trinajstić information content (AvgIpc) is 1.51. The van der Waals surface area contributed by atoms with Crippen LogP contribution in [0.5, 0.6) is 5.75 Å². The quantitative estimate of drug-likeness (QED) is 0.0139. The molecule has 6 aromatic carbocycles. The Hall–Kier alpha value is -12.1. The van der Waals surface area contributed by atoms with Crippen LogP contribution in [0.15, 0.2) is 162 Å². The van der Waals surface area contributed by atoms with Crippen LogP contribution in [-0.2, 0) is 84.8 Å². The number of para-hydroxylation sites is 1. The number of likely N-dealkylation sites (tertiary alicyclic amines) is 1. The Bertz CT molecular complexity index is 4350. The predicted octanol–water partition coefficient (Wildman–Crippen LogP) is 0.172. The maximum atomic E-state index is 15.1. The highest BCUT2D eigenvalue weighted by molar-refractivity contribution is 6.30. The van der Waals surface area contributed by atoms with Crippen molar-refractivity contribution >= 4 is 110 Å². The van der Waals surface area contributed by atoms with Crippen molar-refractivity contribution in [3.05, 3.63) is 185 Å². The minimum atomic E-state index is -1.86. The molecule has 108 heavy (non-hydrogen) atoms. The summed E-state index contributed by atoms with van der Waals surface area (Å²) in [5, 5.41) is 48.5. The molecular formula is C76H93ClN18O13. The third-order valence-electron chi connectivity index (χ3n) is 18.1. The molecular weight excluding hydrogens is 1410 g/mol. The van der Waals surface area contributed by atoms with E-state index in [0.717, 1.165) is 16.2 Å². The number of aromatic nitrogens is 1. The summed E-state index contributed by atoms with van der Waals surface area (Å²) in [5.41, 5.74) is 31.2. The Labute approximate surface area is 628 Å². The number of hydrogen-bond acceptors (Lipinski definition) is 15. The fourth-order valence-corrected chi connectivity index (χ4v) is 12.6. The molecule has 22 N–H and O–H groups in total. The molecule has 1 aliphatic rings. The summed E-state index contributed by atoms with van der Waals surface area (Å²) >= 11 is 6.27. The number of aliphatic hydroxyl groups excluding tert-OH is 1. The Morgan fingerprint density at radius 3 is 1.46 bits per heavy atom. The van der Waals surface area contributed by atoms with Crippen LogP contribution in [0.4, 0.5) is 0 Å². The first-order valence-corrected chi connectivity index (χ1v) is 35.7. The first-order chi connectivity index (χ1) is 51.7. The SMILES string of the molecule is CC(=O)N[C@H](Cc1ccc2ccccc2c1)C(=O)N[C@H](Cc1ccc(Cl)cc1)C(=O)N[C@H](Cc1cc2ccccc2[nH]1)C(=O)N[C@@H](CO)C(=O)N[C@@H](Cc1ccc(O)cc1)C(=O)N[C@H](CCCN=C(N)N)C(=O)N[C@@H](Cc1ccccc1)C(=O)N[C@@H](CCCN=C(N)N)C(=O)N1CCC[C@H]1C(=O)N[C@H](C)C(N)=O. The molecule has 7 aromatic rings. The minimum absolute atomic E-state index is 0.0259. The van der Waals surface area contributed by atoms with Crippen molar-refractivity contribution in [1.29, 1.82) is 0 Å². The van der Waals surface area contributed by atoms with E-state index in [0.29, 0.717) is 44.9 Å². The lowest BCUT2D eigenvalue weighted by molar-refractivity contribution is -0.142. The zero-order chi connectivity index (χ0) is 78.0. The van der Waals surface area contributed by atoms with Crippen LogP contribution >= 0.6 is 11.6 Å². The molecule has 0 radical (unpaired) electrons. The number of phenols is 1. The van der Waals surface area contributed by atoms with Crippen molar-refractivity contribution in [2.75, 3.05) is 26.2 Å². The van der Waals surface area contributed by atoms with E-state index in [9.17, 15) is 43.8 Å². The number of guanidine groups is 2. The molecule has 2 heterocycles. The minimum Gasteiger partial charge on any atom is -0.508 e. The summed E-state index contributed by atoms with van der Waals surface area (Å²) in [6.45, 7) is 1.68. The number of aromatic hydroxyl groups is 1. The van der Waals surface area contributed by atoms with Gasteiger partial charge >= 0.3 is 0 Å². The largest absolute Gasteiger partial charge is 0.508 e. The molecule has 0 spiro atoms. The molecule has 1 aliphatic heterocycles. The van der Waals surface area contributed by atoms with Gasteiger partial charge in [0, 0.05) is 74.9 Å². The van der Waals surface area contributed by atoms with Gasteiger partial charge in [-0.05, 0) is 120 Å². The van der Waals surface area contributed by atoms with Crippen LogP contribution in [0.25, 0.3) is 21.7 Å². The molecule has 0 aliphatic carbocycles. The van der Waals surface area contributed by atoms with Crippen molar-refractivity contribution in [1.82, 2.24) is 57.7 Å². The van der Waals surface area contributed by atoms with Gasteiger partial charge < -0.3 is 96.6 Å². The maximum Gasteiger partial charge on any atom is 0.245 e. The van der Waals surface area contributed by atoms with Gasteiger partial charge in [-0.15, -0.1) is 0 Å². The Kier molecular flexibility index (Phi) is 30.1. The van der Waals surface area contributed by atoms with Crippen LogP contribution in [0, 0.1) is 0 Å². The van der Waals surface area contributed by atoms with Crippen molar-refractivity contribution in [3.63, 3.8) is 0 Å². The number of rotatable bonds is 38. The number of carbonyl (C=O) groups is 11. The number of nitrogens with one attached hydrogen (secondary N) is 10. The number of aromatic amines is 1. The molecule has 1 aromatic heterocycles. The number of H-pyrrole nitrogens is 1. The monoisotopic (exact) mass is 1500 g/mol. The zero-order valence-corrected chi connectivity index (χ0v) is 60.6. The van der Waals surface area contributed by atoms with E-state index in [1.54, 1.807) is 78.9 Å². The van der Waals surface area contributed by atoms with Crippen LogP contribution in [0.1, 0.15) is 80.3 Å². The summed E-state index contributed by atoms with van der Waals surface area (Å²) < 4.78 is 0. The molecule has 8 rings (SSSR count). The van der Waals surface area contributed by atoms with Gasteiger partial charge in [-0.2, -0.15) is 0 Å². The van der Waals surface area contributed by atoms with E-state index < -0.39 is 132 Å². The number of nitrogens with two attached hydrogens (primary N) is 5. The highest BCUT2D eigenvalue weighted by Gasteiger charge is 2.40. The van der Waals surface area contributed by atoms with Gasteiger partial charge in [0.05, 0.1) is 6.61 Å². The number of amides is 11. The number of hydrogen-bond donors (Lipinski definition) is 17. The van der Waals surface area contributed by atoms with Gasteiger partial charge in [-0.3, -0.25) is 62.7 Å². The Morgan fingerprint density at radius 1 is 0.491 bits per heavy atom. The smallest absolute Gasteiger partial charge is 0.245 e. The summed E-state index contributed by atoms with van der Waals surface area (Å²) in [5.74, 6) is -9.78. The third-order valence-corrected chi connectivity index (χ3v) is 18.3. The lowest BCUT2D eigenvalue weighted by Crippen LogP contribution is -2.61. The molecule has 0 saturated carbocycles. The molecule has 10 atom stereocenters. The second kappa shape index (κ2) is 39.8. The van der Waals surface area contributed by atoms with E-state index in [-0.39, 0.29) is 102 Å². The van der Waals surface area contributed by atoms with Crippen molar-refractivity contribution in [2.45, 2.75) is 145 Å². The number of fused-ring (bicyclic) bond motifs is 2. The van der Waals surface area contributed by atoms with Crippen LogP contribution in [0.2, 0.25) is 5.02 Å². The highest BCUT2D eigenvalue weighted by Crippen LogP contribution is 2.23. The number of aliphatic hydroxyl groups is 1. The maximum absolute atomic E-state index is 15.1. The second-order valence-corrected chi connectivity index (χ2v) is 26.9. The van der Waals surface area contributed by atoms with Gasteiger partial charge in [0.25, 0.3) is 0 Å². The van der Waals surface area contributed by atoms with Crippen molar-refractivity contribution in [2.24, 2.45) is 38.7 Å². The van der Waals surface area contributed by atoms with E-state index in [1.165, 1.54) is 43.0 Å². The van der Waals surface area contributed by atoms with Crippen LogP contribution < -0.4 is 76.5 Å². The van der Waals surface area contributed by atoms with Crippen LogP contribution in [0.3, 0.4) is 0 Å². The summed E-state index contributed by atoms with van der Waals surface area (Å²) in [7, 11) is 0. The molecule has 1 saturated heterocycles. The highest BCUT2D eigenvalue weighted by atomic mass is 35.5. The normalized spacial score (nSPS) is 15.0. The van der Waals surface area contributed by atoms with E-state index >= 15 is 19.2 Å². The molecule has 32 heteroatoms. The molecule has 0 unspecified atom stereocenters. The number of halogens is 1. The molecule has 11 amide bonds. The van der Waals surface area contributed by atoms with Gasteiger partial charge in [-0.1, -0.05) is 127 Å². The molecule has 31 nitrogen and oxygen atoms in total. The summed E-state index contributed by atoms with van der Waals surface area (Å²) in [6.07, 6.45) is -0.305. The van der Waals surface area contributed by atoms with Crippen molar-refractivity contribution < 1.29 is 63.0 Å². The van der Waals surface area contributed by atoms with E-state index in [2.05, 4.69) is 62.8 Å². The fraction of sp³-hybridized carbons (Fsp3) is 0.355. The number of primary amides is 1.